The van der Waals surface area contributed by atoms with Gasteiger partial charge in [0.25, 0.3) is 5.69 Å². The second kappa shape index (κ2) is 8.41. The summed E-state index contributed by atoms with van der Waals surface area (Å²) in [5.74, 6) is -0.144. The van der Waals surface area contributed by atoms with Crippen LogP contribution in [0.1, 0.15) is 12.5 Å². The lowest BCUT2D eigenvalue weighted by Crippen LogP contribution is -2.21. The van der Waals surface area contributed by atoms with Gasteiger partial charge >= 0.3 is 0 Å². The third-order valence-corrected chi connectivity index (χ3v) is 4.84. The fraction of sp³-hybridized carbons (Fsp3) is 0.105. The van der Waals surface area contributed by atoms with E-state index < -0.39 is 4.92 Å². The van der Waals surface area contributed by atoms with Crippen LogP contribution < -0.4 is 5.43 Å². The first-order chi connectivity index (χ1) is 13.1. The largest absolute Gasteiger partial charge is 0.278 e. The first-order valence-corrected chi connectivity index (χ1v) is 9.08. The van der Waals surface area contributed by atoms with Gasteiger partial charge in [0.1, 0.15) is 0 Å². The first kappa shape index (κ1) is 18.5. The van der Waals surface area contributed by atoms with Crippen LogP contribution in [-0.4, -0.2) is 27.3 Å². The standard InChI is InChI=1S/C19H16N4O3S/c1-13(15-8-2-3-9-16(15)23(25)26)21-22-18(24)12-27-17-10-4-6-14-7-5-11-20-19(14)17/h2-11H,12H2,1H3,(H,22,24)/b21-13-. The Labute approximate surface area is 159 Å². The van der Waals surface area contributed by atoms with E-state index in [9.17, 15) is 14.9 Å². The fourth-order valence-corrected chi connectivity index (χ4v) is 3.35. The summed E-state index contributed by atoms with van der Waals surface area (Å²) < 4.78 is 0. The number of nitro benzene ring substituents is 1. The van der Waals surface area contributed by atoms with E-state index in [1.807, 2.05) is 30.3 Å². The summed E-state index contributed by atoms with van der Waals surface area (Å²) in [5.41, 5.74) is 3.98. The highest BCUT2D eigenvalue weighted by atomic mass is 32.2. The Bertz CT molecular complexity index is 1030. The molecule has 136 valence electrons. The number of pyridine rings is 1. The zero-order valence-electron chi connectivity index (χ0n) is 14.5. The number of benzene rings is 2. The molecule has 0 fully saturated rings. The zero-order chi connectivity index (χ0) is 19.2. The number of fused-ring (bicyclic) bond motifs is 1. The summed E-state index contributed by atoms with van der Waals surface area (Å²) in [6, 6.07) is 15.9. The fourth-order valence-electron chi connectivity index (χ4n) is 2.51. The minimum Gasteiger partial charge on any atom is -0.272 e. The lowest BCUT2D eigenvalue weighted by Gasteiger charge is -2.06. The SMILES string of the molecule is C/C(=N/NC(=O)CSc1cccc2cccnc12)c1ccccc1[N+](=O)[O-]. The molecule has 27 heavy (non-hydrogen) atoms. The molecule has 0 atom stereocenters. The van der Waals surface area contributed by atoms with E-state index in [0.29, 0.717) is 11.3 Å². The van der Waals surface area contributed by atoms with Crippen LogP contribution in [0.4, 0.5) is 5.69 Å². The highest BCUT2D eigenvalue weighted by Gasteiger charge is 2.15. The molecular weight excluding hydrogens is 364 g/mol. The van der Waals surface area contributed by atoms with E-state index in [4.69, 9.17) is 0 Å². The topological polar surface area (TPSA) is 97.5 Å². The van der Waals surface area contributed by atoms with Crippen LogP contribution in [0, 0.1) is 10.1 Å². The van der Waals surface area contributed by atoms with E-state index in [1.54, 1.807) is 31.3 Å². The van der Waals surface area contributed by atoms with Crippen LogP contribution >= 0.6 is 11.8 Å². The van der Waals surface area contributed by atoms with E-state index in [1.165, 1.54) is 17.8 Å². The van der Waals surface area contributed by atoms with Crippen molar-refractivity contribution in [2.24, 2.45) is 5.10 Å². The first-order valence-electron chi connectivity index (χ1n) is 8.09. The Morgan fingerprint density at radius 2 is 1.96 bits per heavy atom. The Morgan fingerprint density at radius 3 is 2.78 bits per heavy atom. The Balaban J connectivity index is 1.66. The molecule has 7 nitrogen and oxygen atoms in total. The van der Waals surface area contributed by atoms with E-state index in [2.05, 4.69) is 15.5 Å². The molecule has 3 rings (SSSR count). The normalized spacial score (nSPS) is 11.4. The van der Waals surface area contributed by atoms with Crippen molar-refractivity contribution in [1.82, 2.24) is 10.4 Å². The smallest absolute Gasteiger partial charge is 0.272 e. The number of carbonyl (C=O) groups is 1. The predicted octanol–water partition coefficient (Wildman–Crippen LogP) is 3.78. The Kier molecular flexibility index (Phi) is 5.77. The molecule has 1 aromatic heterocycles. The quantitative estimate of drug-likeness (QED) is 0.304. The van der Waals surface area contributed by atoms with Crippen molar-refractivity contribution >= 4 is 40.0 Å². The van der Waals surface area contributed by atoms with E-state index in [-0.39, 0.29) is 17.3 Å². The highest BCUT2D eigenvalue weighted by molar-refractivity contribution is 8.00. The summed E-state index contributed by atoms with van der Waals surface area (Å²) in [5, 5.41) is 16.1. The van der Waals surface area contributed by atoms with Gasteiger partial charge in [-0.2, -0.15) is 5.10 Å². The molecule has 0 bridgehead atoms. The Hall–Kier alpha value is -3.26. The van der Waals surface area contributed by atoms with Crippen molar-refractivity contribution in [3.05, 3.63) is 76.5 Å². The molecule has 0 saturated heterocycles. The summed E-state index contributed by atoms with van der Waals surface area (Å²) in [6.07, 6.45) is 1.72. The molecule has 2 aromatic carbocycles. The third-order valence-electron chi connectivity index (χ3n) is 3.79. The van der Waals surface area contributed by atoms with Gasteiger partial charge in [0.2, 0.25) is 5.91 Å². The number of amides is 1. The Morgan fingerprint density at radius 1 is 1.19 bits per heavy atom. The number of thioether (sulfide) groups is 1. The molecule has 0 saturated carbocycles. The minimum absolute atomic E-state index is 0.0517. The van der Waals surface area contributed by atoms with Gasteiger partial charge in [0.15, 0.2) is 0 Å². The number of aromatic nitrogens is 1. The second-order valence-corrected chi connectivity index (χ2v) is 6.64. The van der Waals surface area contributed by atoms with Gasteiger partial charge in [-0.25, -0.2) is 5.43 Å². The number of nitrogens with zero attached hydrogens (tertiary/aromatic N) is 3. The van der Waals surface area contributed by atoms with Crippen LogP contribution in [-0.2, 0) is 4.79 Å². The molecule has 0 spiro atoms. The number of hydrazone groups is 1. The molecule has 0 aliphatic heterocycles. The van der Waals surface area contributed by atoms with Crippen molar-refractivity contribution in [3.63, 3.8) is 0 Å². The van der Waals surface area contributed by atoms with Gasteiger partial charge in [0.05, 0.1) is 27.5 Å². The van der Waals surface area contributed by atoms with Gasteiger partial charge in [-0.3, -0.25) is 19.9 Å². The van der Waals surface area contributed by atoms with Gasteiger partial charge in [-0.15, -0.1) is 11.8 Å². The maximum atomic E-state index is 12.1. The lowest BCUT2D eigenvalue weighted by atomic mass is 10.1. The van der Waals surface area contributed by atoms with Gasteiger partial charge < -0.3 is 0 Å². The summed E-state index contributed by atoms with van der Waals surface area (Å²) in [6.45, 7) is 1.62. The average Bonchev–Trinajstić information content (AvgIpc) is 2.70. The molecule has 0 aliphatic carbocycles. The summed E-state index contributed by atoms with van der Waals surface area (Å²) >= 11 is 1.36. The molecule has 0 unspecified atom stereocenters. The maximum absolute atomic E-state index is 12.1. The molecule has 1 heterocycles. The van der Waals surface area contributed by atoms with Crippen molar-refractivity contribution < 1.29 is 9.72 Å². The van der Waals surface area contributed by atoms with Crippen LogP contribution in [0.2, 0.25) is 0 Å². The zero-order valence-corrected chi connectivity index (χ0v) is 15.3. The van der Waals surface area contributed by atoms with Crippen molar-refractivity contribution in [2.75, 3.05) is 5.75 Å². The highest BCUT2D eigenvalue weighted by Crippen LogP contribution is 2.25. The molecule has 1 amide bonds. The summed E-state index contributed by atoms with van der Waals surface area (Å²) in [7, 11) is 0. The van der Waals surface area contributed by atoms with Gasteiger partial charge in [-0.1, -0.05) is 30.3 Å². The van der Waals surface area contributed by atoms with Crippen LogP contribution in [0.3, 0.4) is 0 Å². The molecular formula is C19H16N4O3S. The van der Waals surface area contributed by atoms with Crippen molar-refractivity contribution in [1.29, 1.82) is 0 Å². The van der Waals surface area contributed by atoms with Crippen molar-refractivity contribution in [2.45, 2.75) is 11.8 Å². The monoisotopic (exact) mass is 380 g/mol. The lowest BCUT2D eigenvalue weighted by molar-refractivity contribution is -0.385. The second-order valence-electron chi connectivity index (χ2n) is 5.63. The molecule has 8 heteroatoms. The molecule has 3 aromatic rings. The molecule has 1 N–H and O–H groups in total. The van der Waals surface area contributed by atoms with E-state index in [0.717, 1.165) is 15.8 Å². The maximum Gasteiger partial charge on any atom is 0.278 e. The average molecular weight is 380 g/mol. The van der Waals surface area contributed by atoms with Gasteiger partial charge in [-0.05, 0) is 25.1 Å². The van der Waals surface area contributed by atoms with E-state index >= 15 is 0 Å². The van der Waals surface area contributed by atoms with Crippen molar-refractivity contribution in [3.8, 4) is 0 Å². The van der Waals surface area contributed by atoms with Crippen LogP contribution in [0.15, 0.2) is 70.8 Å². The number of para-hydroxylation sites is 2. The summed E-state index contributed by atoms with van der Waals surface area (Å²) in [4.78, 5) is 28.0. The number of nitro groups is 1. The molecule has 0 aliphatic rings. The number of rotatable bonds is 6. The van der Waals surface area contributed by atoms with Gasteiger partial charge in [0, 0.05) is 22.5 Å². The van der Waals surface area contributed by atoms with Crippen LogP contribution in [0.5, 0.6) is 0 Å². The predicted molar refractivity (Wildman–Crippen MR) is 106 cm³/mol. The number of hydrogen-bond donors (Lipinski definition) is 1. The minimum atomic E-state index is -0.473. The number of carbonyl (C=O) groups excluding carboxylic acids is 1. The molecule has 0 radical (unpaired) electrons. The van der Waals surface area contributed by atoms with Crippen LogP contribution in [0.25, 0.3) is 10.9 Å². The number of hydrogen-bond acceptors (Lipinski definition) is 6. The third kappa shape index (κ3) is 4.48. The number of nitrogens with one attached hydrogen (secondary N) is 1.